The van der Waals surface area contributed by atoms with Crippen molar-refractivity contribution in [3.63, 3.8) is 0 Å². The zero-order chi connectivity index (χ0) is 19.7. The molecule has 0 radical (unpaired) electrons. The average Bonchev–Trinajstić information content (AvgIpc) is 2.64. The summed E-state index contributed by atoms with van der Waals surface area (Å²) in [6.45, 7) is 0. The minimum absolute atomic E-state index is 0.148. The number of benzene rings is 2. The molecular formula is C16H7Cl2N3O6. The normalized spacial score (nSPS) is 14.5. The van der Waals surface area contributed by atoms with E-state index in [1.165, 1.54) is 12.1 Å². The summed E-state index contributed by atoms with van der Waals surface area (Å²) >= 11 is 11.7. The van der Waals surface area contributed by atoms with Crippen LogP contribution in [0.15, 0.2) is 41.6 Å². The molecular weight excluding hydrogens is 401 g/mol. The molecule has 11 heteroatoms. The van der Waals surface area contributed by atoms with Crippen LogP contribution in [0.2, 0.25) is 10.0 Å². The maximum atomic E-state index is 12.1. The van der Waals surface area contributed by atoms with Gasteiger partial charge in [0.1, 0.15) is 10.7 Å². The number of nitro benzene ring substituents is 1. The SMILES string of the molecule is O=C1Nc2c(cc(Cl)c(Cl)c2[N+](=O)[O-])C(=NOC(=O)c2ccccc2)C1=O. The summed E-state index contributed by atoms with van der Waals surface area (Å²) in [5.74, 6) is -3.24. The molecule has 1 aliphatic rings. The monoisotopic (exact) mass is 407 g/mol. The van der Waals surface area contributed by atoms with Gasteiger partial charge in [0.25, 0.3) is 11.7 Å². The molecule has 2 aromatic rings. The lowest BCUT2D eigenvalue weighted by atomic mass is 9.98. The molecule has 136 valence electrons. The van der Waals surface area contributed by atoms with E-state index >= 15 is 0 Å². The Bertz CT molecular complexity index is 1040. The van der Waals surface area contributed by atoms with Crippen LogP contribution in [-0.2, 0) is 14.4 Å². The number of oxime groups is 1. The van der Waals surface area contributed by atoms with Gasteiger partial charge in [0.15, 0.2) is 5.71 Å². The van der Waals surface area contributed by atoms with Crippen LogP contribution in [-0.4, -0.2) is 28.3 Å². The molecule has 0 atom stereocenters. The van der Waals surface area contributed by atoms with Crippen molar-refractivity contribution < 1.29 is 24.1 Å². The first-order chi connectivity index (χ1) is 12.8. The van der Waals surface area contributed by atoms with E-state index in [-0.39, 0.29) is 21.8 Å². The summed E-state index contributed by atoms with van der Waals surface area (Å²) < 4.78 is 0. The minimum Gasteiger partial charge on any atom is -0.313 e. The molecule has 0 unspecified atom stereocenters. The van der Waals surface area contributed by atoms with Crippen LogP contribution in [0.25, 0.3) is 0 Å². The molecule has 1 heterocycles. The topological polar surface area (TPSA) is 128 Å². The Labute approximate surface area is 160 Å². The van der Waals surface area contributed by atoms with E-state index in [0.717, 1.165) is 6.07 Å². The third-order valence-electron chi connectivity index (χ3n) is 3.52. The smallest absolute Gasteiger partial charge is 0.313 e. The Hall–Kier alpha value is -3.30. The number of fused-ring (bicyclic) bond motifs is 1. The number of carbonyl (C=O) groups excluding carboxylic acids is 3. The van der Waals surface area contributed by atoms with Crippen LogP contribution in [0, 0.1) is 10.1 Å². The molecule has 0 saturated carbocycles. The highest BCUT2D eigenvalue weighted by atomic mass is 35.5. The predicted molar refractivity (Wildman–Crippen MR) is 95.1 cm³/mol. The van der Waals surface area contributed by atoms with Gasteiger partial charge in [0.2, 0.25) is 0 Å². The Morgan fingerprint density at radius 2 is 1.85 bits per heavy atom. The van der Waals surface area contributed by atoms with Crippen LogP contribution < -0.4 is 5.32 Å². The summed E-state index contributed by atoms with van der Waals surface area (Å²) in [5.41, 5.74) is -1.73. The van der Waals surface area contributed by atoms with Gasteiger partial charge in [-0.2, -0.15) is 0 Å². The second kappa shape index (κ2) is 7.14. The van der Waals surface area contributed by atoms with E-state index in [9.17, 15) is 24.5 Å². The number of anilines is 1. The van der Waals surface area contributed by atoms with Crippen molar-refractivity contribution >= 4 is 57.9 Å². The maximum absolute atomic E-state index is 12.1. The van der Waals surface area contributed by atoms with E-state index in [2.05, 4.69) is 10.5 Å². The number of Topliss-reactive ketones (excluding diaryl/α,β-unsaturated/α-hetero) is 1. The number of amides is 1. The van der Waals surface area contributed by atoms with Gasteiger partial charge in [-0.15, -0.1) is 0 Å². The van der Waals surface area contributed by atoms with E-state index in [1.54, 1.807) is 18.2 Å². The maximum Gasteiger partial charge on any atom is 0.365 e. The molecule has 9 nitrogen and oxygen atoms in total. The standard InChI is InChI=1S/C16H7Cl2N3O6/c17-9-6-8-11(13(10(9)18)21(25)26)19-15(23)14(22)12(8)20-27-16(24)7-4-2-1-3-5-7/h1-6H,(H,19,23). The number of hydrogen-bond acceptors (Lipinski definition) is 7. The van der Waals surface area contributed by atoms with Crippen molar-refractivity contribution in [2.75, 3.05) is 5.32 Å². The molecule has 1 N–H and O–H groups in total. The first kappa shape index (κ1) is 18.5. The number of ketones is 1. The molecule has 0 spiro atoms. The fourth-order valence-corrected chi connectivity index (χ4v) is 2.72. The highest BCUT2D eigenvalue weighted by Gasteiger charge is 2.38. The average molecular weight is 408 g/mol. The molecule has 0 saturated heterocycles. The lowest BCUT2D eigenvalue weighted by molar-refractivity contribution is -0.383. The van der Waals surface area contributed by atoms with E-state index in [0.29, 0.717) is 0 Å². The fraction of sp³-hybridized carbons (Fsp3) is 0. The fourth-order valence-electron chi connectivity index (χ4n) is 2.30. The van der Waals surface area contributed by atoms with Gasteiger partial charge in [0, 0.05) is 5.56 Å². The summed E-state index contributed by atoms with van der Waals surface area (Å²) in [4.78, 5) is 51.1. The van der Waals surface area contributed by atoms with Gasteiger partial charge in [-0.1, -0.05) is 46.6 Å². The van der Waals surface area contributed by atoms with Crippen molar-refractivity contribution in [1.29, 1.82) is 0 Å². The van der Waals surface area contributed by atoms with E-state index in [1.807, 2.05) is 0 Å². The third kappa shape index (κ3) is 3.37. The van der Waals surface area contributed by atoms with Crippen LogP contribution in [0.3, 0.4) is 0 Å². The lowest BCUT2D eigenvalue weighted by Gasteiger charge is -2.18. The number of carbonyl (C=O) groups is 3. The number of nitrogens with zero attached hydrogens (tertiary/aromatic N) is 2. The largest absolute Gasteiger partial charge is 0.365 e. The number of hydrogen-bond donors (Lipinski definition) is 1. The summed E-state index contributed by atoms with van der Waals surface area (Å²) in [5, 5.41) is 16.1. The Kier molecular flexibility index (Phi) is 4.89. The van der Waals surface area contributed by atoms with Gasteiger partial charge in [0.05, 0.1) is 15.5 Å². The molecule has 1 aliphatic heterocycles. The zero-order valence-electron chi connectivity index (χ0n) is 13.1. The van der Waals surface area contributed by atoms with Gasteiger partial charge in [-0.25, -0.2) is 4.79 Å². The van der Waals surface area contributed by atoms with Crippen LogP contribution >= 0.6 is 23.2 Å². The summed E-state index contributed by atoms with van der Waals surface area (Å²) in [6.07, 6.45) is 0. The molecule has 1 amide bonds. The molecule has 0 aromatic heterocycles. The Morgan fingerprint density at radius 3 is 2.48 bits per heavy atom. The molecule has 0 aliphatic carbocycles. The quantitative estimate of drug-likeness (QED) is 0.360. The lowest BCUT2D eigenvalue weighted by Crippen LogP contribution is -2.36. The summed E-state index contributed by atoms with van der Waals surface area (Å²) in [7, 11) is 0. The van der Waals surface area contributed by atoms with Crippen molar-refractivity contribution in [3.05, 3.63) is 67.7 Å². The molecule has 0 bridgehead atoms. The van der Waals surface area contributed by atoms with Gasteiger partial charge in [-0.05, 0) is 18.2 Å². The van der Waals surface area contributed by atoms with Gasteiger partial charge in [-0.3, -0.25) is 19.7 Å². The second-order valence-electron chi connectivity index (χ2n) is 5.17. The highest BCUT2D eigenvalue weighted by molar-refractivity contribution is 6.72. The van der Waals surface area contributed by atoms with Crippen molar-refractivity contribution in [2.45, 2.75) is 0 Å². The van der Waals surface area contributed by atoms with Gasteiger partial charge >= 0.3 is 11.7 Å². The highest BCUT2D eigenvalue weighted by Crippen LogP contribution is 2.42. The zero-order valence-corrected chi connectivity index (χ0v) is 14.6. The number of halogens is 2. The Balaban J connectivity index is 2.09. The van der Waals surface area contributed by atoms with Crippen molar-refractivity contribution in [2.24, 2.45) is 5.16 Å². The molecule has 3 rings (SSSR count). The van der Waals surface area contributed by atoms with Crippen LogP contribution in [0.1, 0.15) is 15.9 Å². The van der Waals surface area contributed by atoms with E-state index < -0.39 is 39.0 Å². The number of rotatable bonds is 3. The molecule has 27 heavy (non-hydrogen) atoms. The van der Waals surface area contributed by atoms with E-state index in [4.69, 9.17) is 28.0 Å². The number of nitro groups is 1. The van der Waals surface area contributed by atoms with Gasteiger partial charge < -0.3 is 10.2 Å². The first-order valence-corrected chi connectivity index (χ1v) is 7.93. The number of nitrogens with one attached hydrogen (secondary N) is 1. The Morgan fingerprint density at radius 1 is 1.19 bits per heavy atom. The molecule has 2 aromatic carbocycles. The first-order valence-electron chi connectivity index (χ1n) is 7.18. The van der Waals surface area contributed by atoms with Crippen molar-refractivity contribution in [1.82, 2.24) is 0 Å². The third-order valence-corrected chi connectivity index (χ3v) is 4.30. The second-order valence-corrected chi connectivity index (χ2v) is 5.95. The molecule has 0 fully saturated rings. The minimum atomic E-state index is -1.20. The van der Waals surface area contributed by atoms with Crippen molar-refractivity contribution in [3.8, 4) is 0 Å². The van der Waals surface area contributed by atoms with Crippen LogP contribution in [0.4, 0.5) is 11.4 Å². The van der Waals surface area contributed by atoms with Crippen LogP contribution in [0.5, 0.6) is 0 Å². The summed E-state index contributed by atoms with van der Waals surface area (Å²) in [6, 6.07) is 8.87. The predicted octanol–water partition coefficient (Wildman–Crippen LogP) is 2.98.